The molecule has 0 aliphatic heterocycles. The third-order valence-corrected chi connectivity index (χ3v) is 5.99. The number of rotatable bonds is 4. The van der Waals surface area contributed by atoms with E-state index in [1.165, 1.54) is 0 Å². The molecule has 27 heavy (non-hydrogen) atoms. The topological polar surface area (TPSA) is 17.8 Å². The van der Waals surface area contributed by atoms with E-state index in [4.69, 9.17) is 34.8 Å². The van der Waals surface area contributed by atoms with Crippen LogP contribution in [0.25, 0.3) is 0 Å². The fourth-order valence-electron chi connectivity index (χ4n) is 3.54. The molecule has 0 fully saturated rings. The first-order valence-electron chi connectivity index (χ1n) is 8.39. The summed E-state index contributed by atoms with van der Waals surface area (Å²) in [4.78, 5) is 4.30. The third kappa shape index (κ3) is 2.94. The van der Waals surface area contributed by atoms with Crippen LogP contribution in [-0.4, -0.2) is 9.55 Å². The smallest absolute Gasteiger partial charge is 0.123 e. The Balaban J connectivity index is 2.17. The van der Waals surface area contributed by atoms with Crippen LogP contribution in [0.2, 0.25) is 15.1 Å². The molecule has 0 aliphatic carbocycles. The molecule has 0 N–H and O–H groups in total. The molecule has 1 aromatic heterocycles. The van der Waals surface area contributed by atoms with Crippen LogP contribution in [0.4, 0.5) is 0 Å². The molecular weight excluding hydrogens is 399 g/mol. The quantitative estimate of drug-likeness (QED) is 0.269. The van der Waals surface area contributed by atoms with Gasteiger partial charge in [-0.1, -0.05) is 102 Å². The molecule has 0 unspecified atom stereocenters. The van der Waals surface area contributed by atoms with Crippen molar-refractivity contribution >= 4 is 34.8 Å². The lowest BCUT2D eigenvalue weighted by molar-refractivity contribution is 0.515. The zero-order valence-electron chi connectivity index (χ0n) is 14.2. The molecule has 0 atom stereocenters. The van der Waals surface area contributed by atoms with E-state index in [9.17, 15) is 0 Å². The van der Waals surface area contributed by atoms with E-state index < -0.39 is 5.54 Å². The van der Waals surface area contributed by atoms with Gasteiger partial charge in [0.25, 0.3) is 0 Å². The maximum Gasteiger partial charge on any atom is 0.123 e. The lowest BCUT2D eigenvalue weighted by Crippen LogP contribution is -2.37. The van der Waals surface area contributed by atoms with Crippen LogP contribution in [0, 0.1) is 0 Å². The number of aromatic nitrogens is 2. The van der Waals surface area contributed by atoms with Crippen LogP contribution in [0.15, 0.2) is 91.5 Å². The molecule has 134 valence electrons. The molecule has 0 amide bonds. The Morgan fingerprint density at radius 3 is 1.81 bits per heavy atom. The number of nitrogens with zero attached hydrogens (tertiary/aromatic N) is 2. The van der Waals surface area contributed by atoms with Crippen molar-refractivity contribution in [2.75, 3.05) is 0 Å². The monoisotopic (exact) mass is 412 g/mol. The van der Waals surface area contributed by atoms with Gasteiger partial charge < -0.3 is 4.57 Å². The molecule has 3 aromatic carbocycles. The standard InChI is InChI=1S/C22H15Cl3N2/c23-19-12-11-18(20(24)21(19)25)22(27-14-13-26-15-27,16-7-3-1-4-8-16)17-9-5-2-6-10-17/h1-15H. The minimum atomic E-state index is -0.746. The van der Waals surface area contributed by atoms with Crippen molar-refractivity contribution in [1.82, 2.24) is 9.55 Å². The highest BCUT2D eigenvalue weighted by Gasteiger charge is 2.40. The summed E-state index contributed by atoms with van der Waals surface area (Å²) >= 11 is 19.4. The molecule has 1 heterocycles. The second-order valence-corrected chi connectivity index (χ2v) is 7.30. The average molecular weight is 414 g/mol. The van der Waals surface area contributed by atoms with E-state index in [1.54, 1.807) is 18.6 Å². The van der Waals surface area contributed by atoms with E-state index in [2.05, 4.69) is 29.2 Å². The molecule has 4 rings (SSSR count). The SMILES string of the molecule is Clc1ccc(C(c2ccccc2)(c2ccccc2)n2ccnc2)c(Cl)c1Cl. The summed E-state index contributed by atoms with van der Waals surface area (Å²) < 4.78 is 2.04. The Hall–Kier alpha value is -2.26. The minimum Gasteiger partial charge on any atom is -0.319 e. The maximum atomic E-state index is 6.75. The van der Waals surface area contributed by atoms with Gasteiger partial charge in [0.1, 0.15) is 5.54 Å². The summed E-state index contributed by atoms with van der Waals surface area (Å²) in [6.07, 6.45) is 5.48. The average Bonchev–Trinajstić information content (AvgIpc) is 3.25. The molecule has 0 saturated carbocycles. The number of imidazole rings is 1. The minimum absolute atomic E-state index is 0.340. The summed E-state index contributed by atoms with van der Waals surface area (Å²) in [5, 5.41) is 1.18. The van der Waals surface area contributed by atoms with E-state index in [-0.39, 0.29) is 0 Å². The first-order valence-corrected chi connectivity index (χ1v) is 9.52. The van der Waals surface area contributed by atoms with E-state index in [0.29, 0.717) is 15.1 Å². The Kier molecular flexibility index (Phi) is 4.96. The largest absolute Gasteiger partial charge is 0.319 e. The van der Waals surface area contributed by atoms with Crippen LogP contribution >= 0.6 is 34.8 Å². The van der Waals surface area contributed by atoms with Crippen LogP contribution in [0.3, 0.4) is 0 Å². The van der Waals surface area contributed by atoms with Gasteiger partial charge in [-0.15, -0.1) is 0 Å². The van der Waals surface area contributed by atoms with Crippen molar-refractivity contribution in [3.8, 4) is 0 Å². The highest BCUT2D eigenvalue weighted by molar-refractivity contribution is 6.48. The van der Waals surface area contributed by atoms with Crippen LogP contribution in [-0.2, 0) is 5.54 Å². The summed E-state index contributed by atoms with van der Waals surface area (Å²) in [5.74, 6) is 0. The Morgan fingerprint density at radius 1 is 0.704 bits per heavy atom. The van der Waals surface area contributed by atoms with Crippen molar-refractivity contribution in [2.45, 2.75) is 5.54 Å². The normalized spacial score (nSPS) is 11.5. The van der Waals surface area contributed by atoms with Gasteiger partial charge in [-0.2, -0.15) is 0 Å². The van der Waals surface area contributed by atoms with Crippen molar-refractivity contribution in [3.05, 3.63) is 123 Å². The Morgan fingerprint density at radius 2 is 1.30 bits per heavy atom. The maximum absolute atomic E-state index is 6.75. The molecule has 0 radical (unpaired) electrons. The predicted octanol–water partition coefficient (Wildman–Crippen LogP) is 6.68. The van der Waals surface area contributed by atoms with Crippen LogP contribution < -0.4 is 0 Å². The molecule has 0 saturated heterocycles. The summed E-state index contributed by atoms with van der Waals surface area (Å²) in [6, 6.07) is 24.0. The number of hydrogen-bond acceptors (Lipinski definition) is 1. The fraction of sp³-hybridized carbons (Fsp3) is 0.0455. The molecule has 0 aliphatic rings. The van der Waals surface area contributed by atoms with Gasteiger partial charge in [0, 0.05) is 18.0 Å². The lowest BCUT2D eigenvalue weighted by atomic mass is 9.76. The Labute approximate surface area is 173 Å². The third-order valence-electron chi connectivity index (χ3n) is 4.70. The first-order chi connectivity index (χ1) is 13.2. The van der Waals surface area contributed by atoms with E-state index >= 15 is 0 Å². The number of hydrogen-bond donors (Lipinski definition) is 0. The summed E-state index contributed by atoms with van der Waals surface area (Å²) in [6.45, 7) is 0. The summed E-state index contributed by atoms with van der Waals surface area (Å²) in [5.41, 5.74) is 2.16. The zero-order chi connectivity index (χ0) is 18.9. The van der Waals surface area contributed by atoms with Gasteiger partial charge in [-0.05, 0) is 17.2 Å². The van der Waals surface area contributed by atoms with Crippen LogP contribution in [0.5, 0.6) is 0 Å². The first kappa shape index (κ1) is 18.1. The van der Waals surface area contributed by atoms with Gasteiger partial charge in [0.05, 0.1) is 21.4 Å². The predicted molar refractivity (Wildman–Crippen MR) is 112 cm³/mol. The van der Waals surface area contributed by atoms with E-state index in [1.807, 2.05) is 53.2 Å². The second kappa shape index (κ2) is 7.40. The lowest BCUT2D eigenvalue weighted by Gasteiger charge is -2.38. The van der Waals surface area contributed by atoms with Gasteiger partial charge >= 0.3 is 0 Å². The van der Waals surface area contributed by atoms with Gasteiger partial charge in [0.2, 0.25) is 0 Å². The molecule has 5 heteroatoms. The molecule has 2 nitrogen and oxygen atoms in total. The van der Waals surface area contributed by atoms with Gasteiger partial charge in [-0.3, -0.25) is 0 Å². The van der Waals surface area contributed by atoms with Crippen molar-refractivity contribution in [3.63, 3.8) is 0 Å². The highest BCUT2D eigenvalue weighted by atomic mass is 35.5. The van der Waals surface area contributed by atoms with Gasteiger partial charge in [-0.25, -0.2) is 4.98 Å². The molecule has 4 aromatic rings. The second-order valence-electron chi connectivity index (χ2n) is 6.14. The van der Waals surface area contributed by atoms with Gasteiger partial charge in [0.15, 0.2) is 0 Å². The van der Waals surface area contributed by atoms with Crippen molar-refractivity contribution in [1.29, 1.82) is 0 Å². The Bertz CT molecular complexity index is 1010. The van der Waals surface area contributed by atoms with Crippen LogP contribution in [0.1, 0.15) is 16.7 Å². The highest BCUT2D eigenvalue weighted by Crippen LogP contribution is 2.46. The van der Waals surface area contributed by atoms with E-state index in [0.717, 1.165) is 16.7 Å². The van der Waals surface area contributed by atoms with Crippen molar-refractivity contribution in [2.24, 2.45) is 0 Å². The molecule has 0 spiro atoms. The molecular formula is C22H15Cl3N2. The molecule has 0 bridgehead atoms. The number of halogens is 3. The fourth-order valence-corrected chi connectivity index (χ4v) is 4.21. The summed E-state index contributed by atoms with van der Waals surface area (Å²) in [7, 11) is 0. The zero-order valence-corrected chi connectivity index (χ0v) is 16.5. The number of benzene rings is 3. The van der Waals surface area contributed by atoms with Crippen molar-refractivity contribution < 1.29 is 0 Å².